The second-order valence-corrected chi connectivity index (χ2v) is 5.59. The summed E-state index contributed by atoms with van der Waals surface area (Å²) in [4.78, 5) is 12.7. The zero-order valence-electron chi connectivity index (χ0n) is 10.5. The molecule has 0 aliphatic carbocycles. The number of carbonyl (C=O) groups is 1. The van der Waals surface area contributed by atoms with Crippen LogP contribution >= 0.6 is 23.1 Å². The smallest absolute Gasteiger partial charge is 0.180 e. The molecule has 0 saturated carbocycles. The van der Waals surface area contributed by atoms with Crippen molar-refractivity contribution in [1.29, 1.82) is 0 Å². The normalized spacial score (nSPS) is 11.0. The summed E-state index contributed by atoms with van der Waals surface area (Å²) in [6.45, 7) is 3.89. The summed E-state index contributed by atoms with van der Waals surface area (Å²) >= 11 is 6.91. The fraction of sp³-hybridized carbons (Fsp3) is 0.308. The molecular formula is C13H12ClFN2OS. The largest absolute Gasteiger partial charge is 0.293 e. The summed E-state index contributed by atoms with van der Waals surface area (Å²) in [5, 5.41) is 3.96. The van der Waals surface area contributed by atoms with E-state index in [0.717, 1.165) is 11.5 Å². The summed E-state index contributed by atoms with van der Waals surface area (Å²) in [5.74, 6) is -0.523. The minimum Gasteiger partial charge on any atom is -0.293 e. The maximum absolute atomic E-state index is 13.3. The first-order valence-electron chi connectivity index (χ1n) is 5.79. The van der Waals surface area contributed by atoms with Crippen molar-refractivity contribution in [3.63, 3.8) is 0 Å². The van der Waals surface area contributed by atoms with Crippen LogP contribution in [0.5, 0.6) is 0 Å². The zero-order chi connectivity index (χ0) is 14.0. The van der Waals surface area contributed by atoms with E-state index < -0.39 is 5.82 Å². The molecule has 0 spiro atoms. The number of benzene rings is 1. The molecule has 1 aromatic carbocycles. The highest BCUT2D eigenvalue weighted by Crippen LogP contribution is 2.25. The van der Waals surface area contributed by atoms with Gasteiger partial charge in [0.25, 0.3) is 0 Å². The van der Waals surface area contributed by atoms with Crippen LogP contribution in [0.4, 0.5) is 4.39 Å². The highest BCUT2D eigenvalue weighted by Gasteiger charge is 2.20. The van der Waals surface area contributed by atoms with E-state index in [2.05, 4.69) is 9.59 Å². The molecule has 0 radical (unpaired) electrons. The Labute approximate surface area is 119 Å². The second-order valence-electron chi connectivity index (χ2n) is 4.45. The van der Waals surface area contributed by atoms with E-state index in [0.29, 0.717) is 16.1 Å². The van der Waals surface area contributed by atoms with Crippen LogP contribution in [-0.2, 0) is 6.42 Å². The molecule has 1 heterocycles. The first-order chi connectivity index (χ1) is 9.00. The van der Waals surface area contributed by atoms with Gasteiger partial charge in [0.15, 0.2) is 5.78 Å². The van der Waals surface area contributed by atoms with Gasteiger partial charge in [-0.3, -0.25) is 4.79 Å². The van der Waals surface area contributed by atoms with Gasteiger partial charge in [-0.2, -0.15) is 0 Å². The van der Waals surface area contributed by atoms with Crippen molar-refractivity contribution in [2.45, 2.75) is 26.2 Å². The third kappa shape index (κ3) is 2.98. The quantitative estimate of drug-likeness (QED) is 0.805. The SMILES string of the molecule is CC(C)c1nnsc1C(=O)Cc1cccc(F)c1Cl. The molecule has 0 bridgehead atoms. The van der Waals surface area contributed by atoms with Gasteiger partial charge < -0.3 is 0 Å². The molecule has 0 unspecified atom stereocenters. The van der Waals surface area contributed by atoms with Gasteiger partial charge in [-0.1, -0.05) is 42.1 Å². The van der Waals surface area contributed by atoms with Gasteiger partial charge in [-0.05, 0) is 29.1 Å². The Kier molecular flexibility index (Phi) is 4.27. The summed E-state index contributed by atoms with van der Waals surface area (Å²) in [6.07, 6.45) is 0.0557. The fourth-order valence-electron chi connectivity index (χ4n) is 1.71. The number of carbonyl (C=O) groups excluding carboxylic acids is 1. The minimum atomic E-state index is -0.515. The van der Waals surface area contributed by atoms with Crippen LogP contribution in [-0.4, -0.2) is 15.4 Å². The van der Waals surface area contributed by atoms with Gasteiger partial charge in [0.05, 0.1) is 10.7 Å². The zero-order valence-corrected chi connectivity index (χ0v) is 12.1. The summed E-state index contributed by atoms with van der Waals surface area (Å²) in [5.41, 5.74) is 1.16. The molecule has 0 fully saturated rings. The Morgan fingerprint density at radius 2 is 2.21 bits per heavy atom. The number of rotatable bonds is 4. The van der Waals surface area contributed by atoms with E-state index in [-0.39, 0.29) is 23.1 Å². The summed E-state index contributed by atoms with van der Waals surface area (Å²) in [6, 6.07) is 4.45. The fourth-order valence-corrected chi connectivity index (χ4v) is 2.65. The topological polar surface area (TPSA) is 42.9 Å². The van der Waals surface area contributed by atoms with E-state index in [1.54, 1.807) is 6.07 Å². The summed E-state index contributed by atoms with van der Waals surface area (Å²) in [7, 11) is 0. The van der Waals surface area contributed by atoms with Crippen molar-refractivity contribution in [2.75, 3.05) is 0 Å². The van der Waals surface area contributed by atoms with E-state index in [1.165, 1.54) is 12.1 Å². The average Bonchev–Trinajstić information content (AvgIpc) is 2.84. The molecule has 0 aliphatic heterocycles. The molecule has 0 amide bonds. The molecular weight excluding hydrogens is 287 g/mol. The predicted molar refractivity (Wildman–Crippen MR) is 73.4 cm³/mol. The van der Waals surface area contributed by atoms with Crippen molar-refractivity contribution in [1.82, 2.24) is 9.59 Å². The van der Waals surface area contributed by atoms with E-state index in [1.807, 2.05) is 13.8 Å². The number of halogens is 2. The maximum atomic E-state index is 13.3. The molecule has 100 valence electrons. The van der Waals surface area contributed by atoms with E-state index in [9.17, 15) is 9.18 Å². The van der Waals surface area contributed by atoms with Crippen LogP contribution in [0.3, 0.4) is 0 Å². The molecule has 0 atom stereocenters. The number of aromatic nitrogens is 2. The predicted octanol–water partition coefficient (Wildman–Crippen LogP) is 3.88. The van der Waals surface area contributed by atoms with Crippen molar-refractivity contribution < 1.29 is 9.18 Å². The molecule has 0 N–H and O–H groups in total. The maximum Gasteiger partial charge on any atom is 0.180 e. The molecule has 0 saturated heterocycles. The van der Waals surface area contributed by atoms with Crippen molar-refractivity contribution in [3.05, 3.63) is 45.2 Å². The van der Waals surface area contributed by atoms with Crippen molar-refractivity contribution >= 4 is 28.9 Å². The first-order valence-corrected chi connectivity index (χ1v) is 6.94. The van der Waals surface area contributed by atoms with Crippen molar-refractivity contribution in [2.24, 2.45) is 0 Å². The van der Waals surface area contributed by atoms with Crippen LogP contribution in [0.1, 0.15) is 40.7 Å². The second kappa shape index (κ2) is 5.75. The third-order valence-electron chi connectivity index (χ3n) is 2.70. The molecule has 2 rings (SSSR count). The van der Waals surface area contributed by atoms with Gasteiger partial charge >= 0.3 is 0 Å². The Morgan fingerprint density at radius 1 is 1.47 bits per heavy atom. The highest BCUT2D eigenvalue weighted by molar-refractivity contribution is 7.08. The number of hydrogen-bond donors (Lipinski definition) is 0. The van der Waals surface area contributed by atoms with E-state index >= 15 is 0 Å². The lowest BCUT2D eigenvalue weighted by molar-refractivity contribution is 0.0995. The molecule has 6 heteroatoms. The monoisotopic (exact) mass is 298 g/mol. The van der Waals surface area contributed by atoms with Crippen LogP contribution in [0.25, 0.3) is 0 Å². The molecule has 0 aliphatic rings. The average molecular weight is 299 g/mol. The first kappa shape index (κ1) is 14.1. The van der Waals surface area contributed by atoms with Gasteiger partial charge in [-0.25, -0.2) is 4.39 Å². The minimum absolute atomic E-state index is 0.000536. The molecule has 3 nitrogen and oxygen atoms in total. The summed E-state index contributed by atoms with van der Waals surface area (Å²) < 4.78 is 17.1. The number of hydrogen-bond acceptors (Lipinski definition) is 4. The van der Waals surface area contributed by atoms with Gasteiger partial charge in [0, 0.05) is 6.42 Å². The molecule has 1 aromatic heterocycles. The lowest BCUT2D eigenvalue weighted by atomic mass is 10.0. The van der Waals surface area contributed by atoms with Gasteiger partial charge in [-0.15, -0.1) is 5.10 Å². The lowest BCUT2D eigenvalue weighted by Crippen LogP contribution is -2.06. The van der Waals surface area contributed by atoms with Crippen LogP contribution in [0.2, 0.25) is 5.02 Å². The Morgan fingerprint density at radius 3 is 2.89 bits per heavy atom. The number of Topliss-reactive ketones (excluding diaryl/α,β-unsaturated/α-hetero) is 1. The van der Waals surface area contributed by atoms with Crippen LogP contribution in [0, 0.1) is 5.82 Å². The van der Waals surface area contributed by atoms with Gasteiger partial charge in [0.1, 0.15) is 10.7 Å². The van der Waals surface area contributed by atoms with Crippen LogP contribution < -0.4 is 0 Å². The lowest BCUT2D eigenvalue weighted by Gasteiger charge is -2.05. The number of nitrogens with zero attached hydrogens (tertiary/aromatic N) is 2. The number of ketones is 1. The Bertz CT molecular complexity index is 612. The third-order valence-corrected chi connectivity index (χ3v) is 3.90. The Hall–Kier alpha value is -1.33. The standard InChI is InChI=1S/C13H12ClFN2OS/c1-7(2)12-13(19-17-16-12)10(18)6-8-4-3-5-9(15)11(8)14/h3-5,7H,6H2,1-2H3. The van der Waals surface area contributed by atoms with E-state index in [4.69, 9.17) is 11.6 Å². The highest BCUT2D eigenvalue weighted by atomic mass is 35.5. The molecule has 2 aromatic rings. The van der Waals surface area contributed by atoms with Gasteiger partial charge in [0.2, 0.25) is 0 Å². The van der Waals surface area contributed by atoms with Crippen LogP contribution in [0.15, 0.2) is 18.2 Å². The van der Waals surface area contributed by atoms with Crippen molar-refractivity contribution in [3.8, 4) is 0 Å². The Balaban J connectivity index is 2.26. The molecule has 19 heavy (non-hydrogen) atoms.